The fourth-order valence-electron chi connectivity index (χ4n) is 3.38. The molecule has 3 aromatic heterocycles. The molecule has 0 fully saturated rings. The van der Waals surface area contributed by atoms with E-state index >= 15 is 0 Å². The number of nitrogens with zero attached hydrogens (tertiary/aromatic N) is 7. The van der Waals surface area contributed by atoms with Gasteiger partial charge in [-0.05, 0) is 39.2 Å². The Morgan fingerprint density at radius 1 is 1.16 bits per heavy atom. The van der Waals surface area contributed by atoms with Gasteiger partial charge in [0.05, 0.1) is 22.7 Å². The third-order valence-corrected chi connectivity index (χ3v) is 5.49. The highest BCUT2D eigenvalue weighted by Crippen LogP contribution is 2.21. The first-order valence-corrected chi connectivity index (χ1v) is 10.9. The molecule has 11 nitrogen and oxygen atoms in total. The van der Waals surface area contributed by atoms with Crippen LogP contribution in [0.2, 0.25) is 0 Å². The number of aromatic nitrogens is 6. The molecule has 12 heteroatoms. The van der Waals surface area contributed by atoms with Crippen LogP contribution >= 0.6 is 11.8 Å². The van der Waals surface area contributed by atoms with Gasteiger partial charge in [-0.25, -0.2) is 14.2 Å². The maximum Gasteiger partial charge on any atom is 0.269 e. The number of nitro benzene ring substituents is 1. The molecular formula is C20H20N8O3S. The van der Waals surface area contributed by atoms with Crippen molar-refractivity contribution >= 4 is 35.0 Å². The molecular weight excluding hydrogens is 432 g/mol. The number of aryl methyl sites for hydroxylation is 3. The van der Waals surface area contributed by atoms with Gasteiger partial charge in [0.25, 0.3) is 11.5 Å². The normalized spacial score (nSPS) is 11.1. The standard InChI is InChI=1S/C20H20N8O3S/c1-11-9-17(27(24-11)14-5-7-15(8-6-14)28(30)31)22-18(29)10-16-12(2)21-19-23-20(32-4)25-26(19)13(16)3/h5-9H,10H2,1-4H3,(H,22,29). The van der Waals surface area contributed by atoms with Crippen LogP contribution in [0.25, 0.3) is 11.5 Å². The number of nitro groups is 1. The molecule has 164 valence electrons. The molecule has 0 aliphatic heterocycles. The monoisotopic (exact) mass is 452 g/mol. The van der Waals surface area contributed by atoms with Crippen LogP contribution in [0, 0.1) is 30.9 Å². The summed E-state index contributed by atoms with van der Waals surface area (Å²) in [6.45, 7) is 5.53. The lowest BCUT2D eigenvalue weighted by molar-refractivity contribution is -0.384. The summed E-state index contributed by atoms with van der Waals surface area (Å²) in [4.78, 5) is 32.2. The van der Waals surface area contributed by atoms with Crippen molar-refractivity contribution in [3.63, 3.8) is 0 Å². The first-order valence-electron chi connectivity index (χ1n) is 9.65. The van der Waals surface area contributed by atoms with Crippen molar-refractivity contribution < 1.29 is 9.72 Å². The molecule has 0 radical (unpaired) electrons. The highest BCUT2D eigenvalue weighted by atomic mass is 32.2. The molecule has 3 heterocycles. The summed E-state index contributed by atoms with van der Waals surface area (Å²) in [5.74, 6) is 0.724. The van der Waals surface area contributed by atoms with Crippen molar-refractivity contribution in [3.8, 4) is 5.69 Å². The van der Waals surface area contributed by atoms with E-state index in [-0.39, 0.29) is 18.0 Å². The van der Waals surface area contributed by atoms with Crippen LogP contribution in [-0.4, -0.2) is 46.4 Å². The van der Waals surface area contributed by atoms with E-state index in [1.54, 1.807) is 34.3 Å². The van der Waals surface area contributed by atoms with Crippen molar-refractivity contribution in [2.45, 2.75) is 32.3 Å². The molecule has 32 heavy (non-hydrogen) atoms. The van der Waals surface area contributed by atoms with Gasteiger partial charge in [-0.1, -0.05) is 11.8 Å². The van der Waals surface area contributed by atoms with Crippen molar-refractivity contribution in [2.24, 2.45) is 0 Å². The fourth-order valence-corrected chi connectivity index (χ4v) is 3.72. The third kappa shape index (κ3) is 4.04. The number of benzene rings is 1. The second kappa shape index (κ2) is 8.38. The van der Waals surface area contributed by atoms with E-state index in [2.05, 4.69) is 25.5 Å². The molecule has 0 saturated heterocycles. The molecule has 0 saturated carbocycles. The second-order valence-corrected chi connectivity index (χ2v) is 7.93. The molecule has 4 aromatic rings. The first-order chi connectivity index (χ1) is 15.3. The maximum atomic E-state index is 12.9. The Morgan fingerprint density at radius 2 is 1.88 bits per heavy atom. The van der Waals surface area contributed by atoms with Crippen LogP contribution in [0.15, 0.2) is 35.5 Å². The van der Waals surface area contributed by atoms with Gasteiger partial charge in [0, 0.05) is 35.2 Å². The summed E-state index contributed by atoms with van der Waals surface area (Å²) >= 11 is 1.43. The number of carbonyl (C=O) groups excluding carboxylic acids is 1. The van der Waals surface area contributed by atoms with E-state index in [4.69, 9.17) is 0 Å². The number of fused-ring (bicyclic) bond motifs is 1. The van der Waals surface area contributed by atoms with Crippen LogP contribution in [0.3, 0.4) is 0 Å². The number of nitrogens with one attached hydrogen (secondary N) is 1. The maximum absolute atomic E-state index is 12.9. The summed E-state index contributed by atoms with van der Waals surface area (Å²) in [6, 6.07) is 7.70. The number of carbonyl (C=O) groups is 1. The van der Waals surface area contributed by atoms with Crippen molar-refractivity contribution in [1.29, 1.82) is 0 Å². The van der Waals surface area contributed by atoms with E-state index in [0.717, 1.165) is 11.3 Å². The van der Waals surface area contributed by atoms with E-state index in [1.165, 1.54) is 23.9 Å². The van der Waals surface area contributed by atoms with E-state index < -0.39 is 4.92 Å². The molecule has 1 N–H and O–H groups in total. The third-order valence-electron chi connectivity index (χ3n) is 4.95. The molecule has 0 bridgehead atoms. The summed E-state index contributed by atoms with van der Waals surface area (Å²) in [6.07, 6.45) is 1.99. The zero-order valence-electron chi connectivity index (χ0n) is 17.9. The Balaban J connectivity index is 1.60. The van der Waals surface area contributed by atoms with E-state index in [0.29, 0.717) is 33.8 Å². The number of rotatable bonds is 6. The Hall–Kier alpha value is -3.80. The van der Waals surface area contributed by atoms with Crippen molar-refractivity contribution in [2.75, 3.05) is 11.6 Å². The number of hydrogen-bond donors (Lipinski definition) is 1. The fraction of sp³-hybridized carbons (Fsp3) is 0.250. The van der Waals surface area contributed by atoms with Crippen LogP contribution in [0.4, 0.5) is 11.5 Å². The number of non-ortho nitro benzene ring substituents is 1. The lowest BCUT2D eigenvalue weighted by atomic mass is 10.1. The Labute approximate surface area is 187 Å². The number of hydrogen-bond acceptors (Lipinski definition) is 8. The molecule has 0 atom stereocenters. The van der Waals surface area contributed by atoms with Crippen LogP contribution in [0.1, 0.15) is 22.6 Å². The van der Waals surface area contributed by atoms with Gasteiger partial charge in [0.15, 0.2) is 0 Å². The number of anilines is 1. The van der Waals surface area contributed by atoms with Gasteiger partial charge in [-0.2, -0.15) is 10.1 Å². The lowest BCUT2D eigenvalue weighted by Crippen LogP contribution is -2.19. The average Bonchev–Trinajstić information content (AvgIpc) is 3.34. The Kier molecular flexibility index (Phi) is 5.61. The summed E-state index contributed by atoms with van der Waals surface area (Å²) in [7, 11) is 0. The van der Waals surface area contributed by atoms with E-state index in [9.17, 15) is 14.9 Å². The van der Waals surface area contributed by atoms with Crippen LogP contribution < -0.4 is 5.32 Å². The van der Waals surface area contributed by atoms with Crippen molar-refractivity contribution in [1.82, 2.24) is 29.4 Å². The van der Waals surface area contributed by atoms with Gasteiger partial charge >= 0.3 is 0 Å². The second-order valence-electron chi connectivity index (χ2n) is 7.15. The molecule has 0 aliphatic carbocycles. The zero-order chi connectivity index (χ0) is 23.0. The van der Waals surface area contributed by atoms with Crippen LogP contribution in [-0.2, 0) is 11.2 Å². The molecule has 1 aromatic carbocycles. The minimum absolute atomic E-state index is 0.0187. The first kappa shape index (κ1) is 21.4. The van der Waals surface area contributed by atoms with Gasteiger partial charge in [0.2, 0.25) is 11.1 Å². The molecule has 1 amide bonds. The highest BCUT2D eigenvalue weighted by Gasteiger charge is 2.18. The zero-order valence-corrected chi connectivity index (χ0v) is 18.7. The number of amides is 1. The van der Waals surface area contributed by atoms with E-state index in [1.807, 2.05) is 20.1 Å². The molecule has 4 rings (SSSR count). The lowest BCUT2D eigenvalue weighted by Gasteiger charge is -2.12. The summed E-state index contributed by atoms with van der Waals surface area (Å²) in [5.41, 5.74) is 3.56. The highest BCUT2D eigenvalue weighted by molar-refractivity contribution is 7.98. The predicted octanol–water partition coefficient (Wildman–Crippen LogP) is 3.05. The Bertz CT molecular complexity index is 1340. The molecule has 0 aliphatic rings. The largest absolute Gasteiger partial charge is 0.310 e. The minimum Gasteiger partial charge on any atom is -0.310 e. The Morgan fingerprint density at radius 3 is 2.53 bits per heavy atom. The summed E-state index contributed by atoms with van der Waals surface area (Å²) in [5, 5.41) is 23.2. The smallest absolute Gasteiger partial charge is 0.269 e. The predicted molar refractivity (Wildman–Crippen MR) is 119 cm³/mol. The summed E-state index contributed by atoms with van der Waals surface area (Å²) < 4.78 is 3.19. The van der Waals surface area contributed by atoms with Crippen molar-refractivity contribution in [3.05, 3.63) is 63.1 Å². The van der Waals surface area contributed by atoms with Crippen LogP contribution in [0.5, 0.6) is 0 Å². The number of thioether (sulfide) groups is 1. The van der Waals surface area contributed by atoms with Gasteiger partial charge in [-0.3, -0.25) is 14.9 Å². The average molecular weight is 453 g/mol. The van der Waals surface area contributed by atoms with Gasteiger partial charge in [-0.15, -0.1) is 5.10 Å². The topological polar surface area (TPSA) is 133 Å². The minimum atomic E-state index is -0.465. The van der Waals surface area contributed by atoms with Gasteiger partial charge in [0.1, 0.15) is 5.82 Å². The molecule has 0 unspecified atom stereocenters. The quantitative estimate of drug-likeness (QED) is 0.268. The SMILES string of the molecule is CSc1nc2nc(C)c(CC(=O)Nc3cc(C)nn3-c3ccc([N+](=O)[O-])cc3)c(C)n2n1. The molecule has 0 spiro atoms. The van der Waals surface area contributed by atoms with Gasteiger partial charge < -0.3 is 5.32 Å².